The molecular weight excluding hydrogens is 268 g/mol. The molecule has 2 rings (SSSR count). The molecule has 6 heteroatoms. The molecule has 0 saturated heterocycles. The second-order valence-corrected chi connectivity index (χ2v) is 4.18. The minimum atomic E-state index is -0.591. The number of hydrogen-bond donors (Lipinski definition) is 1. The van der Waals surface area contributed by atoms with Crippen LogP contribution in [0.3, 0.4) is 0 Å². The van der Waals surface area contributed by atoms with Gasteiger partial charge in [-0.15, -0.1) is 0 Å². The highest BCUT2D eigenvalue weighted by Crippen LogP contribution is 2.28. The molecular formula is C13H9ClN2O3. The maximum Gasteiger partial charge on any atom is 0.294 e. The summed E-state index contributed by atoms with van der Waals surface area (Å²) in [5.74, 6) is -0.411. The van der Waals surface area contributed by atoms with Crippen LogP contribution in [-0.2, 0) is 0 Å². The Morgan fingerprint density at radius 3 is 2.47 bits per heavy atom. The van der Waals surface area contributed by atoms with E-state index in [2.05, 4.69) is 5.32 Å². The van der Waals surface area contributed by atoms with E-state index in [1.54, 1.807) is 30.3 Å². The zero-order chi connectivity index (χ0) is 13.8. The molecule has 5 nitrogen and oxygen atoms in total. The SMILES string of the molecule is O=C(Nc1ccc(Cl)cc1[N+](=O)[O-])c1ccccc1. The molecule has 0 unspecified atom stereocenters. The van der Waals surface area contributed by atoms with Crippen molar-refractivity contribution in [3.63, 3.8) is 0 Å². The number of rotatable bonds is 3. The van der Waals surface area contributed by atoms with E-state index in [1.165, 1.54) is 18.2 Å². The summed E-state index contributed by atoms with van der Waals surface area (Å²) in [6.45, 7) is 0. The van der Waals surface area contributed by atoms with E-state index < -0.39 is 10.8 Å². The first-order valence-electron chi connectivity index (χ1n) is 5.38. The maximum atomic E-state index is 11.9. The third kappa shape index (κ3) is 3.08. The summed E-state index contributed by atoms with van der Waals surface area (Å²) in [7, 11) is 0. The lowest BCUT2D eigenvalue weighted by Crippen LogP contribution is -2.12. The van der Waals surface area contributed by atoms with E-state index >= 15 is 0 Å². The molecule has 0 fully saturated rings. The lowest BCUT2D eigenvalue weighted by Gasteiger charge is -2.06. The summed E-state index contributed by atoms with van der Waals surface area (Å²) < 4.78 is 0. The first kappa shape index (κ1) is 13.0. The Kier molecular flexibility index (Phi) is 3.77. The number of nitro benzene ring substituents is 1. The topological polar surface area (TPSA) is 72.2 Å². The Morgan fingerprint density at radius 2 is 1.84 bits per heavy atom. The first-order chi connectivity index (χ1) is 9.08. The van der Waals surface area contributed by atoms with E-state index in [0.29, 0.717) is 5.56 Å². The molecule has 1 N–H and O–H groups in total. The van der Waals surface area contributed by atoms with Crippen LogP contribution in [0.5, 0.6) is 0 Å². The Bertz CT molecular complexity index is 629. The monoisotopic (exact) mass is 276 g/mol. The average Bonchev–Trinajstić information content (AvgIpc) is 2.41. The van der Waals surface area contributed by atoms with Gasteiger partial charge in [-0.1, -0.05) is 29.8 Å². The fraction of sp³-hybridized carbons (Fsp3) is 0. The highest BCUT2D eigenvalue weighted by Gasteiger charge is 2.16. The van der Waals surface area contributed by atoms with E-state index in [0.717, 1.165) is 0 Å². The largest absolute Gasteiger partial charge is 0.316 e. The van der Waals surface area contributed by atoms with E-state index in [1.807, 2.05) is 0 Å². The van der Waals surface area contributed by atoms with Crippen molar-refractivity contribution in [2.75, 3.05) is 5.32 Å². The quantitative estimate of drug-likeness (QED) is 0.689. The van der Waals surface area contributed by atoms with Crippen molar-refractivity contribution in [2.24, 2.45) is 0 Å². The number of carbonyl (C=O) groups excluding carboxylic acids is 1. The van der Waals surface area contributed by atoms with Gasteiger partial charge >= 0.3 is 0 Å². The van der Waals surface area contributed by atoms with Crippen LogP contribution >= 0.6 is 11.6 Å². The third-order valence-electron chi connectivity index (χ3n) is 2.44. The summed E-state index contributed by atoms with van der Waals surface area (Å²) in [4.78, 5) is 22.2. The van der Waals surface area contributed by atoms with Crippen LogP contribution in [0.4, 0.5) is 11.4 Å². The summed E-state index contributed by atoms with van der Waals surface area (Å²) >= 11 is 5.70. The molecule has 19 heavy (non-hydrogen) atoms. The van der Waals surface area contributed by atoms with Crippen molar-refractivity contribution in [1.29, 1.82) is 0 Å². The number of nitrogens with one attached hydrogen (secondary N) is 1. The normalized spacial score (nSPS) is 9.95. The number of benzene rings is 2. The Morgan fingerprint density at radius 1 is 1.16 bits per heavy atom. The third-order valence-corrected chi connectivity index (χ3v) is 2.68. The maximum absolute atomic E-state index is 11.9. The van der Waals surface area contributed by atoms with Crippen LogP contribution in [0.1, 0.15) is 10.4 Å². The zero-order valence-electron chi connectivity index (χ0n) is 9.67. The Hall–Kier alpha value is -2.40. The number of nitro groups is 1. The minimum Gasteiger partial charge on any atom is -0.316 e. The van der Waals surface area contributed by atoms with Gasteiger partial charge in [0.2, 0.25) is 0 Å². The highest BCUT2D eigenvalue weighted by atomic mass is 35.5. The smallest absolute Gasteiger partial charge is 0.294 e. The molecule has 0 aliphatic rings. The van der Waals surface area contributed by atoms with Gasteiger partial charge < -0.3 is 5.32 Å². The van der Waals surface area contributed by atoms with Gasteiger partial charge in [-0.25, -0.2) is 0 Å². The summed E-state index contributed by atoms with van der Waals surface area (Å²) in [5.41, 5.74) is 0.298. The number of halogens is 1. The molecule has 0 saturated carbocycles. The van der Waals surface area contributed by atoms with Crippen molar-refractivity contribution in [3.8, 4) is 0 Å². The fourth-order valence-electron chi connectivity index (χ4n) is 1.55. The van der Waals surface area contributed by atoms with Gasteiger partial charge in [0.05, 0.1) is 4.92 Å². The van der Waals surface area contributed by atoms with Crippen LogP contribution in [-0.4, -0.2) is 10.8 Å². The first-order valence-corrected chi connectivity index (χ1v) is 5.76. The average molecular weight is 277 g/mol. The van der Waals surface area contributed by atoms with Gasteiger partial charge in [0.25, 0.3) is 11.6 Å². The predicted octanol–water partition coefficient (Wildman–Crippen LogP) is 3.50. The van der Waals surface area contributed by atoms with Crippen LogP contribution in [0.15, 0.2) is 48.5 Å². The number of anilines is 1. The molecule has 2 aromatic rings. The molecule has 2 aromatic carbocycles. The van der Waals surface area contributed by atoms with Gasteiger partial charge in [-0.2, -0.15) is 0 Å². The Labute approximate surface area is 114 Å². The van der Waals surface area contributed by atoms with Gasteiger partial charge in [0, 0.05) is 16.7 Å². The number of nitrogens with zero attached hydrogens (tertiary/aromatic N) is 1. The summed E-state index contributed by atoms with van der Waals surface area (Å²) in [6, 6.07) is 12.5. The summed E-state index contributed by atoms with van der Waals surface area (Å²) in [6.07, 6.45) is 0. The molecule has 0 aliphatic carbocycles. The number of carbonyl (C=O) groups is 1. The zero-order valence-corrected chi connectivity index (χ0v) is 10.4. The fourth-order valence-corrected chi connectivity index (χ4v) is 1.71. The molecule has 0 heterocycles. The standard InChI is InChI=1S/C13H9ClN2O3/c14-10-6-7-11(12(8-10)16(18)19)15-13(17)9-4-2-1-3-5-9/h1-8H,(H,15,17). The molecule has 0 radical (unpaired) electrons. The molecule has 96 valence electrons. The van der Waals surface area contributed by atoms with Crippen molar-refractivity contribution in [2.45, 2.75) is 0 Å². The van der Waals surface area contributed by atoms with Gasteiger partial charge in [-0.05, 0) is 24.3 Å². The van der Waals surface area contributed by atoms with Crippen LogP contribution in [0.25, 0.3) is 0 Å². The van der Waals surface area contributed by atoms with Crippen molar-refractivity contribution >= 4 is 28.9 Å². The molecule has 0 aromatic heterocycles. The van der Waals surface area contributed by atoms with E-state index in [-0.39, 0.29) is 16.4 Å². The van der Waals surface area contributed by atoms with Crippen molar-refractivity contribution in [3.05, 3.63) is 69.2 Å². The lowest BCUT2D eigenvalue weighted by molar-refractivity contribution is -0.383. The van der Waals surface area contributed by atoms with Crippen molar-refractivity contribution in [1.82, 2.24) is 0 Å². The summed E-state index contributed by atoms with van der Waals surface area (Å²) in [5, 5.41) is 13.6. The van der Waals surface area contributed by atoms with Crippen molar-refractivity contribution < 1.29 is 9.72 Å². The van der Waals surface area contributed by atoms with E-state index in [4.69, 9.17) is 11.6 Å². The highest BCUT2D eigenvalue weighted by molar-refractivity contribution is 6.31. The molecule has 0 bridgehead atoms. The second kappa shape index (κ2) is 5.49. The lowest BCUT2D eigenvalue weighted by atomic mass is 10.2. The van der Waals surface area contributed by atoms with Crippen LogP contribution < -0.4 is 5.32 Å². The van der Waals surface area contributed by atoms with Gasteiger partial charge in [0.1, 0.15) is 5.69 Å². The van der Waals surface area contributed by atoms with Gasteiger partial charge in [-0.3, -0.25) is 14.9 Å². The molecule has 1 amide bonds. The minimum absolute atomic E-state index is 0.114. The second-order valence-electron chi connectivity index (χ2n) is 3.74. The molecule has 0 spiro atoms. The predicted molar refractivity (Wildman–Crippen MR) is 72.5 cm³/mol. The molecule has 0 atom stereocenters. The Balaban J connectivity index is 2.29. The number of amides is 1. The van der Waals surface area contributed by atoms with Gasteiger partial charge in [0.15, 0.2) is 0 Å². The number of hydrogen-bond acceptors (Lipinski definition) is 3. The van der Waals surface area contributed by atoms with E-state index in [9.17, 15) is 14.9 Å². The van der Waals surface area contributed by atoms with Crippen LogP contribution in [0.2, 0.25) is 5.02 Å². The molecule has 0 aliphatic heterocycles. The van der Waals surface area contributed by atoms with Crippen LogP contribution in [0, 0.1) is 10.1 Å².